The van der Waals surface area contributed by atoms with Crippen molar-refractivity contribution in [2.24, 2.45) is 0 Å². The second-order valence-corrected chi connectivity index (χ2v) is 5.65. The summed E-state index contributed by atoms with van der Waals surface area (Å²) in [4.78, 5) is 11.6. The van der Waals surface area contributed by atoms with Gasteiger partial charge in [-0.05, 0) is 12.1 Å². The van der Waals surface area contributed by atoms with E-state index in [-0.39, 0.29) is 30.6 Å². The quantitative estimate of drug-likeness (QED) is 0.377. The van der Waals surface area contributed by atoms with Gasteiger partial charge in [0.1, 0.15) is 31.3 Å². The molecule has 0 aromatic heterocycles. The summed E-state index contributed by atoms with van der Waals surface area (Å²) in [6, 6.07) is 7.58. The van der Waals surface area contributed by atoms with Gasteiger partial charge in [0.15, 0.2) is 0 Å². The molecule has 0 N–H and O–H groups in total. The lowest BCUT2D eigenvalue weighted by Crippen LogP contribution is -3.00. The van der Waals surface area contributed by atoms with E-state index >= 15 is 0 Å². The maximum Gasteiger partial charge on any atom is 0.513 e. The maximum absolute atomic E-state index is 11.6. The van der Waals surface area contributed by atoms with Crippen LogP contribution in [0, 0.1) is 0 Å². The molecule has 0 fully saturated rings. The van der Waals surface area contributed by atoms with Gasteiger partial charge in [-0.15, -0.1) is 0 Å². The van der Waals surface area contributed by atoms with Crippen LogP contribution in [0.1, 0.15) is 5.56 Å². The highest BCUT2D eigenvalue weighted by molar-refractivity contribution is 5.66. The van der Waals surface area contributed by atoms with Gasteiger partial charge in [-0.25, -0.2) is 4.79 Å². The predicted octanol–water partition coefficient (Wildman–Crippen LogP) is -0.717. The van der Waals surface area contributed by atoms with Crippen molar-refractivity contribution < 1.29 is 47.5 Å². The number of rotatable bonds is 4. The molecule has 1 aliphatic heterocycles. The van der Waals surface area contributed by atoms with Crippen molar-refractivity contribution in [1.29, 1.82) is 0 Å². The summed E-state index contributed by atoms with van der Waals surface area (Å²) < 4.78 is 16.4. The van der Waals surface area contributed by atoms with Gasteiger partial charge in [-0.1, -0.05) is 18.2 Å². The highest BCUT2D eigenvalue weighted by atomic mass is 127. The van der Waals surface area contributed by atoms with Crippen LogP contribution in [0.15, 0.2) is 30.0 Å². The number of hydrogen-bond acceptors (Lipinski definition) is 4. The molecule has 1 aromatic carbocycles. The Morgan fingerprint density at radius 1 is 1.29 bits per heavy atom. The number of benzene rings is 1. The van der Waals surface area contributed by atoms with Crippen molar-refractivity contribution in [2.45, 2.75) is 0 Å². The molecule has 6 heteroatoms. The van der Waals surface area contributed by atoms with Crippen LogP contribution in [0.5, 0.6) is 5.75 Å². The van der Waals surface area contributed by atoms with E-state index in [0.717, 1.165) is 22.3 Å². The average molecular weight is 405 g/mol. The molecule has 0 radical (unpaired) electrons. The SMILES string of the molecule is C[N+](C)(C)CCOC(=O)OC1=Cc2ccccc2OC1.[I-]. The average Bonchev–Trinajstić information content (AvgIpc) is 2.37. The minimum absolute atomic E-state index is 0. The first kappa shape index (κ1) is 17.8. The standard InChI is InChI=1S/C15H20NO4.HI/c1-16(2,3)8-9-18-15(17)20-13-10-12-6-4-5-7-14(12)19-11-13;/h4-7,10H,8-9,11H2,1-3H3;1H/q+1;/p-1. The van der Waals surface area contributed by atoms with E-state index in [4.69, 9.17) is 14.2 Å². The Labute approximate surface area is 142 Å². The summed E-state index contributed by atoms with van der Waals surface area (Å²) in [6.07, 6.45) is 1.10. The monoisotopic (exact) mass is 405 g/mol. The van der Waals surface area contributed by atoms with E-state index in [1.165, 1.54) is 0 Å². The molecule has 5 nitrogen and oxygen atoms in total. The van der Waals surface area contributed by atoms with Crippen LogP contribution in [0.3, 0.4) is 0 Å². The zero-order chi connectivity index (χ0) is 14.6. The van der Waals surface area contributed by atoms with Crippen molar-refractivity contribution >= 4 is 12.2 Å². The number of quaternary nitrogens is 1. The van der Waals surface area contributed by atoms with Crippen LogP contribution in [-0.4, -0.2) is 51.5 Å². The van der Waals surface area contributed by atoms with Gasteiger partial charge in [0.25, 0.3) is 0 Å². The largest absolute Gasteiger partial charge is 1.00 e. The van der Waals surface area contributed by atoms with Crippen LogP contribution in [0.2, 0.25) is 0 Å². The fraction of sp³-hybridized carbons (Fsp3) is 0.400. The Kier molecular flexibility index (Phi) is 6.47. The highest BCUT2D eigenvalue weighted by Crippen LogP contribution is 2.26. The third kappa shape index (κ3) is 5.92. The number of ether oxygens (including phenoxy) is 3. The van der Waals surface area contributed by atoms with Gasteiger partial charge in [-0.3, -0.25) is 0 Å². The maximum atomic E-state index is 11.6. The van der Waals surface area contributed by atoms with E-state index in [0.29, 0.717) is 12.4 Å². The fourth-order valence-corrected chi connectivity index (χ4v) is 1.69. The molecule has 0 aliphatic carbocycles. The zero-order valence-corrected chi connectivity index (χ0v) is 14.6. The summed E-state index contributed by atoms with van der Waals surface area (Å²) in [7, 11) is 6.09. The lowest BCUT2D eigenvalue weighted by atomic mass is 10.1. The van der Waals surface area contributed by atoms with Gasteiger partial charge in [-0.2, -0.15) is 0 Å². The summed E-state index contributed by atoms with van der Waals surface area (Å²) in [5.41, 5.74) is 0.896. The van der Waals surface area contributed by atoms with Crippen LogP contribution in [0.4, 0.5) is 4.79 Å². The first-order chi connectivity index (χ1) is 9.44. The van der Waals surface area contributed by atoms with Gasteiger partial charge in [0.2, 0.25) is 0 Å². The lowest BCUT2D eigenvalue weighted by Gasteiger charge is -2.23. The Hall–Kier alpha value is -1.28. The first-order valence-corrected chi connectivity index (χ1v) is 6.51. The van der Waals surface area contributed by atoms with Gasteiger partial charge in [0, 0.05) is 5.56 Å². The summed E-state index contributed by atoms with van der Waals surface area (Å²) in [5.74, 6) is 1.25. The molecule has 0 unspecified atom stereocenters. The molecule has 1 heterocycles. The van der Waals surface area contributed by atoms with Crippen LogP contribution >= 0.6 is 0 Å². The Balaban J connectivity index is 0.00000220. The molecule has 0 saturated carbocycles. The van der Waals surface area contributed by atoms with Gasteiger partial charge in [0.05, 0.1) is 21.1 Å². The molecular formula is C15H20INO4. The summed E-state index contributed by atoms with van der Waals surface area (Å²) >= 11 is 0. The normalized spacial score (nSPS) is 13.2. The number of likely N-dealkylation sites (N-methyl/N-ethyl adjacent to an activating group) is 1. The fourth-order valence-electron chi connectivity index (χ4n) is 1.69. The van der Waals surface area contributed by atoms with Gasteiger partial charge >= 0.3 is 6.16 Å². The second kappa shape index (κ2) is 7.65. The van der Waals surface area contributed by atoms with Crippen molar-refractivity contribution in [2.75, 3.05) is 40.9 Å². The van der Waals surface area contributed by atoms with Crippen LogP contribution < -0.4 is 28.7 Å². The molecule has 1 aliphatic rings. The molecule has 0 amide bonds. The molecule has 2 rings (SSSR count). The number of halogens is 1. The third-order valence-corrected chi connectivity index (χ3v) is 2.80. The van der Waals surface area contributed by atoms with E-state index in [1.807, 2.05) is 45.4 Å². The summed E-state index contributed by atoms with van der Waals surface area (Å²) in [6.45, 7) is 1.29. The van der Waals surface area contributed by atoms with Gasteiger partial charge < -0.3 is 42.7 Å². The topological polar surface area (TPSA) is 44.8 Å². The molecule has 116 valence electrons. The van der Waals surface area contributed by atoms with Crippen molar-refractivity contribution in [3.8, 4) is 5.75 Å². The third-order valence-electron chi connectivity index (χ3n) is 2.80. The van der Waals surface area contributed by atoms with Crippen molar-refractivity contribution in [3.05, 3.63) is 35.6 Å². The minimum Gasteiger partial charge on any atom is -1.00 e. The zero-order valence-electron chi connectivity index (χ0n) is 12.5. The molecule has 21 heavy (non-hydrogen) atoms. The smallest absolute Gasteiger partial charge is 0.513 e. The minimum atomic E-state index is -0.687. The molecular weight excluding hydrogens is 385 g/mol. The summed E-state index contributed by atoms with van der Waals surface area (Å²) in [5, 5.41) is 0. The molecule has 0 bridgehead atoms. The molecule has 0 saturated heterocycles. The Bertz CT molecular complexity index is 523. The highest BCUT2D eigenvalue weighted by Gasteiger charge is 2.16. The first-order valence-electron chi connectivity index (χ1n) is 6.51. The predicted molar refractivity (Wildman–Crippen MR) is 75.2 cm³/mol. The molecule has 0 atom stereocenters. The number of fused-ring (bicyclic) bond motifs is 1. The molecule has 1 aromatic rings. The van der Waals surface area contributed by atoms with Crippen LogP contribution in [0.25, 0.3) is 6.08 Å². The lowest BCUT2D eigenvalue weighted by molar-refractivity contribution is -0.870. The van der Waals surface area contributed by atoms with Crippen molar-refractivity contribution in [3.63, 3.8) is 0 Å². The van der Waals surface area contributed by atoms with E-state index in [9.17, 15) is 4.79 Å². The number of carbonyl (C=O) groups is 1. The van der Waals surface area contributed by atoms with Crippen LogP contribution in [-0.2, 0) is 9.47 Å². The van der Waals surface area contributed by atoms with E-state index in [2.05, 4.69) is 0 Å². The molecule has 0 spiro atoms. The Morgan fingerprint density at radius 2 is 2.00 bits per heavy atom. The number of hydrogen-bond donors (Lipinski definition) is 0. The number of para-hydroxylation sites is 1. The second-order valence-electron chi connectivity index (χ2n) is 5.65. The number of carbonyl (C=O) groups excluding carboxylic acids is 1. The van der Waals surface area contributed by atoms with Crippen molar-refractivity contribution in [1.82, 2.24) is 0 Å². The Morgan fingerprint density at radius 3 is 2.71 bits per heavy atom. The van der Waals surface area contributed by atoms with E-state index in [1.54, 1.807) is 6.08 Å². The number of nitrogens with zero attached hydrogens (tertiary/aromatic N) is 1. The van der Waals surface area contributed by atoms with E-state index < -0.39 is 6.16 Å².